The van der Waals surface area contributed by atoms with Crippen LogP contribution in [0.3, 0.4) is 0 Å². The highest BCUT2D eigenvalue weighted by atomic mass is 79.9. The quantitative estimate of drug-likeness (QED) is 0.299. The Bertz CT molecular complexity index is 339. The van der Waals surface area contributed by atoms with E-state index < -0.39 is 12.2 Å². The zero-order valence-corrected chi connectivity index (χ0v) is 15.5. The molecule has 0 spiro atoms. The monoisotopic (exact) mass is 426 g/mol. The summed E-state index contributed by atoms with van der Waals surface area (Å²) in [6.45, 7) is 0. The van der Waals surface area contributed by atoms with Crippen LogP contribution in [-0.4, -0.2) is 35.5 Å². The molecule has 0 aliphatic rings. The van der Waals surface area contributed by atoms with Gasteiger partial charge in [0, 0.05) is 6.42 Å². The minimum absolute atomic E-state index is 0.279. The van der Waals surface area contributed by atoms with Gasteiger partial charge in [0.1, 0.15) is 0 Å². The van der Waals surface area contributed by atoms with Gasteiger partial charge in [0.25, 0.3) is 0 Å². The lowest BCUT2D eigenvalue weighted by Crippen LogP contribution is -2.23. The lowest BCUT2D eigenvalue weighted by molar-refractivity contribution is -0.140. The molecular weight excluding hydrogens is 404 g/mol. The molecule has 4 nitrogen and oxygen atoms in total. The third-order valence-electron chi connectivity index (χ3n) is 2.97. The van der Waals surface area contributed by atoms with Crippen molar-refractivity contribution in [1.82, 2.24) is 0 Å². The molecule has 0 aromatic heterocycles. The first-order chi connectivity index (χ1) is 9.97. The molecule has 0 bridgehead atoms. The lowest BCUT2D eigenvalue weighted by atomic mass is 10.0. The summed E-state index contributed by atoms with van der Waals surface area (Å²) in [6, 6.07) is 0. The fourth-order valence-corrected chi connectivity index (χ4v) is 2.18. The molecule has 2 N–H and O–H groups in total. The predicted molar refractivity (Wildman–Crippen MR) is 91.4 cm³/mol. The highest BCUT2D eigenvalue weighted by Crippen LogP contribution is 2.16. The molecule has 0 heterocycles. The number of esters is 1. The molecule has 0 saturated carbocycles. The van der Waals surface area contributed by atoms with Gasteiger partial charge in [-0.2, -0.15) is 0 Å². The van der Waals surface area contributed by atoms with Gasteiger partial charge in [-0.05, 0) is 57.5 Å². The van der Waals surface area contributed by atoms with E-state index in [1.165, 1.54) is 13.2 Å². The van der Waals surface area contributed by atoms with Crippen LogP contribution in [0.25, 0.3) is 0 Å². The van der Waals surface area contributed by atoms with Crippen molar-refractivity contribution >= 4 is 37.8 Å². The van der Waals surface area contributed by atoms with Crippen molar-refractivity contribution in [3.05, 3.63) is 21.6 Å². The van der Waals surface area contributed by atoms with E-state index in [1.54, 1.807) is 6.08 Å². The van der Waals surface area contributed by atoms with Crippen LogP contribution >= 0.6 is 31.9 Å². The predicted octanol–water partition coefficient (Wildman–Crippen LogP) is 3.80. The molecule has 122 valence electrons. The highest BCUT2D eigenvalue weighted by Gasteiger charge is 2.12. The van der Waals surface area contributed by atoms with Crippen LogP contribution < -0.4 is 0 Å². The molecule has 0 unspecified atom stereocenters. The molecule has 0 aliphatic carbocycles. The number of aliphatic hydroxyl groups is 2. The van der Waals surface area contributed by atoms with Crippen LogP contribution in [0.1, 0.15) is 44.9 Å². The SMILES string of the molecule is COC(=O)CC/C=C\[C@@H](O)[C@@H](O)CCCCCC=C(Br)Br. The van der Waals surface area contributed by atoms with Gasteiger partial charge in [-0.25, -0.2) is 0 Å². The highest BCUT2D eigenvalue weighted by molar-refractivity contribution is 9.28. The van der Waals surface area contributed by atoms with Crippen LogP contribution in [0.2, 0.25) is 0 Å². The van der Waals surface area contributed by atoms with E-state index in [0.29, 0.717) is 12.8 Å². The molecule has 0 amide bonds. The van der Waals surface area contributed by atoms with Gasteiger partial charge < -0.3 is 14.9 Å². The zero-order chi connectivity index (χ0) is 16.1. The van der Waals surface area contributed by atoms with Gasteiger partial charge in [0.05, 0.1) is 22.7 Å². The van der Waals surface area contributed by atoms with E-state index in [2.05, 4.69) is 42.7 Å². The summed E-state index contributed by atoms with van der Waals surface area (Å²) in [5.74, 6) is -0.279. The maximum absolute atomic E-state index is 10.9. The van der Waals surface area contributed by atoms with E-state index in [1.807, 2.05) is 0 Å². The smallest absolute Gasteiger partial charge is 0.305 e. The summed E-state index contributed by atoms with van der Waals surface area (Å²) in [6.07, 6.45) is 8.95. The summed E-state index contributed by atoms with van der Waals surface area (Å²) in [5.41, 5.74) is 0. The summed E-state index contributed by atoms with van der Waals surface area (Å²) in [4.78, 5) is 10.9. The van der Waals surface area contributed by atoms with Crippen LogP contribution in [-0.2, 0) is 9.53 Å². The standard InChI is InChI=1S/C15H24Br2O4/c1-21-15(20)11-7-6-9-13(19)12(18)8-4-2-3-5-10-14(16)17/h6,9-10,12-13,18-19H,2-5,7-8,11H2,1H3/b9-6-/t12-,13+/m0/s1. The molecule has 0 radical (unpaired) electrons. The lowest BCUT2D eigenvalue weighted by Gasteiger charge is -2.14. The summed E-state index contributed by atoms with van der Waals surface area (Å²) in [7, 11) is 1.34. The fourth-order valence-electron chi connectivity index (χ4n) is 1.72. The number of halogens is 2. The Morgan fingerprint density at radius 1 is 1.19 bits per heavy atom. The number of carbonyl (C=O) groups is 1. The van der Waals surface area contributed by atoms with Gasteiger partial charge in [-0.15, -0.1) is 0 Å². The van der Waals surface area contributed by atoms with E-state index in [0.717, 1.165) is 29.1 Å². The minimum atomic E-state index is -0.876. The van der Waals surface area contributed by atoms with Crippen LogP contribution in [0.15, 0.2) is 21.6 Å². The zero-order valence-electron chi connectivity index (χ0n) is 12.3. The van der Waals surface area contributed by atoms with Gasteiger partial charge >= 0.3 is 5.97 Å². The number of aliphatic hydroxyl groups excluding tert-OH is 2. The van der Waals surface area contributed by atoms with Gasteiger partial charge in [0.2, 0.25) is 0 Å². The third kappa shape index (κ3) is 13.2. The molecule has 0 aromatic carbocycles. The number of methoxy groups -OCH3 is 1. The van der Waals surface area contributed by atoms with Crippen LogP contribution in [0.5, 0.6) is 0 Å². The van der Waals surface area contributed by atoms with Crippen LogP contribution in [0.4, 0.5) is 0 Å². The fraction of sp³-hybridized carbons (Fsp3) is 0.667. The normalized spacial score (nSPS) is 14.0. The van der Waals surface area contributed by atoms with E-state index in [-0.39, 0.29) is 12.4 Å². The van der Waals surface area contributed by atoms with E-state index in [9.17, 15) is 15.0 Å². The number of carbonyl (C=O) groups excluding carboxylic acids is 1. The number of ether oxygens (including phenoxy) is 1. The number of rotatable bonds is 11. The van der Waals surface area contributed by atoms with E-state index in [4.69, 9.17) is 0 Å². The maximum Gasteiger partial charge on any atom is 0.305 e. The Labute approximate surface area is 143 Å². The largest absolute Gasteiger partial charge is 0.469 e. The summed E-state index contributed by atoms with van der Waals surface area (Å²) >= 11 is 6.59. The number of hydrogen-bond donors (Lipinski definition) is 2. The van der Waals surface area contributed by atoms with Crippen molar-refractivity contribution in [2.45, 2.75) is 57.2 Å². The molecule has 0 rings (SSSR count). The van der Waals surface area contributed by atoms with Gasteiger partial charge in [0.15, 0.2) is 0 Å². The second kappa shape index (κ2) is 13.5. The number of unbranched alkanes of at least 4 members (excludes halogenated alkanes) is 3. The Hall–Kier alpha value is -0.170. The van der Waals surface area contributed by atoms with Crippen molar-refractivity contribution in [2.24, 2.45) is 0 Å². The first-order valence-corrected chi connectivity index (χ1v) is 8.66. The average Bonchev–Trinajstić information content (AvgIpc) is 2.45. The first kappa shape index (κ1) is 20.8. The average molecular weight is 428 g/mol. The second-order valence-corrected chi connectivity index (χ2v) is 7.51. The molecule has 0 fully saturated rings. The Morgan fingerprint density at radius 2 is 1.90 bits per heavy atom. The molecule has 6 heteroatoms. The van der Waals surface area contributed by atoms with Gasteiger partial charge in [-0.3, -0.25) is 4.79 Å². The summed E-state index contributed by atoms with van der Waals surface area (Å²) in [5, 5.41) is 19.5. The maximum atomic E-state index is 10.9. The second-order valence-electron chi connectivity index (χ2n) is 4.73. The summed E-state index contributed by atoms with van der Waals surface area (Å²) < 4.78 is 5.47. The molecule has 0 aromatic rings. The minimum Gasteiger partial charge on any atom is -0.469 e. The van der Waals surface area contributed by atoms with Crippen LogP contribution in [0, 0.1) is 0 Å². The topological polar surface area (TPSA) is 66.8 Å². The number of allylic oxidation sites excluding steroid dienone is 2. The molecule has 0 saturated heterocycles. The van der Waals surface area contributed by atoms with Crippen molar-refractivity contribution in [1.29, 1.82) is 0 Å². The van der Waals surface area contributed by atoms with Gasteiger partial charge in [-0.1, -0.05) is 31.1 Å². The van der Waals surface area contributed by atoms with Crippen molar-refractivity contribution in [3.63, 3.8) is 0 Å². The first-order valence-electron chi connectivity index (χ1n) is 7.08. The molecular formula is C15H24Br2O4. The Morgan fingerprint density at radius 3 is 2.52 bits per heavy atom. The van der Waals surface area contributed by atoms with E-state index >= 15 is 0 Å². The Balaban J connectivity index is 3.69. The number of hydrogen-bond acceptors (Lipinski definition) is 4. The molecule has 21 heavy (non-hydrogen) atoms. The van der Waals surface area contributed by atoms with Crippen molar-refractivity contribution < 1.29 is 19.7 Å². The third-order valence-corrected chi connectivity index (χ3v) is 3.62. The van der Waals surface area contributed by atoms with Crippen molar-refractivity contribution in [3.8, 4) is 0 Å². The molecule has 0 aliphatic heterocycles. The molecule has 2 atom stereocenters. The Kier molecular flexibility index (Phi) is 13.4. The van der Waals surface area contributed by atoms with Crippen molar-refractivity contribution in [2.75, 3.05) is 7.11 Å².